The summed E-state index contributed by atoms with van der Waals surface area (Å²) in [5, 5.41) is 20.3. The first kappa shape index (κ1) is 11.5. The molecule has 0 heterocycles. The normalized spacial score (nSPS) is 8.53. The van der Waals surface area contributed by atoms with Gasteiger partial charge in [0.15, 0.2) is 0 Å². The van der Waals surface area contributed by atoms with Gasteiger partial charge in [0.2, 0.25) is 0 Å². The van der Waals surface area contributed by atoms with Crippen molar-refractivity contribution in [2.45, 2.75) is 4.90 Å². The summed E-state index contributed by atoms with van der Waals surface area (Å²) < 4.78 is 0. The molecule has 0 radical (unpaired) electrons. The van der Waals surface area contributed by atoms with Crippen LogP contribution in [0.15, 0.2) is 34.9 Å². The van der Waals surface area contributed by atoms with Crippen molar-refractivity contribution in [2.75, 3.05) is 5.32 Å². The molecule has 0 aliphatic heterocycles. The third-order valence-corrected chi connectivity index (χ3v) is 2.28. The van der Waals surface area contributed by atoms with Crippen molar-refractivity contribution in [3.05, 3.63) is 35.0 Å². The molecule has 0 aliphatic carbocycles. The van der Waals surface area contributed by atoms with Gasteiger partial charge in [-0.05, 0) is 12.1 Å². The number of thiol groups is 1. The highest BCUT2D eigenvalue weighted by atomic mass is 35.5. The Morgan fingerprint density at radius 1 is 1.40 bits per heavy atom. The summed E-state index contributed by atoms with van der Waals surface area (Å²) in [6, 6.07) is 8.66. The zero-order valence-electron chi connectivity index (χ0n) is 7.53. The largest absolute Gasteiger partial charge is 0.358 e. The SMILES string of the molecule is N#CC(C#N)=CNc1c(S)cccc1Cl. The van der Waals surface area contributed by atoms with E-state index in [1.165, 1.54) is 6.20 Å². The molecule has 1 aromatic carbocycles. The fourth-order valence-electron chi connectivity index (χ4n) is 0.890. The second-order valence-electron chi connectivity index (χ2n) is 2.56. The van der Waals surface area contributed by atoms with Gasteiger partial charge in [0.1, 0.15) is 17.7 Å². The molecule has 0 bridgehead atoms. The fraction of sp³-hybridized carbons (Fsp3) is 0. The van der Waals surface area contributed by atoms with Gasteiger partial charge in [-0.15, -0.1) is 12.6 Å². The molecule has 0 spiro atoms. The van der Waals surface area contributed by atoms with Gasteiger partial charge < -0.3 is 5.32 Å². The van der Waals surface area contributed by atoms with Crippen LogP contribution >= 0.6 is 24.2 Å². The quantitative estimate of drug-likeness (QED) is 0.612. The molecule has 74 valence electrons. The van der Waals surface area contributed by atoms with E-state index in [1.54, 1.807) is 30.3 Å². The van der Waals surface area contributed by atoms with Crippen molar-refractivity contribution in [2.24, 2.45) is 0 Å². The standard InChI is InChI=1S/C10H6ClN3S/c11-8-2-1-3-9(15)10(8)14-6-7(4-12)5-13/h1-3,6,14-15H. The summed E-state index contributed by atoms with van der Waals surface area (Å²) in [5.74, 6) is 0. The zero-order valence-corrected chi connectivity index (χ0v) is 9.18. The van der Waals surface area contributed by atoms with Gasteiger partial charge in [-0.1, -0.05) is 17.7 Å². The number of nitriles is 2. The lowest BCUT2D eigenvalue weighted by molar-refractivity contribution is 1.40. The number of halogens is 1. The minimum atomic E-state index is -0.0253. The van der Waals surface area contributed by atoms with Gasteiger partial charge in [-0.3, -0.25) is 0 Å². The van der Waals surface area contributed by atoms with Gasteiger partial charge in [0, 0.05) is 11.1 Å². The molecule has 1 aromatic rings. The average Bonchev–Trinajstić information content (AvgIpc) is 2.23. The highest BCUT2D eigenvalue weighted by molar-refractivity contribution is 7.80. The molecule has 1 rings (SSSR count). The van der Waals surface area contributed by atoms with Crippen LogP contribution < -0.4 is 5.32 Å². The Hall–Kier alpha value is -1.62. The number of para-hydroxylation sites is 1. The summed E-state index contributed by atoms with van der Waals surface area (Å²) in [5.41, 5.74) is 0.549. The first-order valence-electron chi connectivity index (χ1n) is 3.93. The highest BCUT2D eigenvalue weighted by Gasteiger charge is 2.02. The third-order valence-electron chi connectivity index (χ3n) is 1.59. The molecule has 5 heteroatoms. The molecule has 0 amide bonds. The molecule has 0 saturated heterocycles. The molecular weight excluding hydrogens is 230 g/mol. The Labute approximate surface area is 98.0 Å². The number of rotatable bonds is 2. The zero-order chi connectivity index (χ0) is 11.3. The van der Waals surface area contributed by atoms with Crippen molar-refractivity contribution in [3.63, 3.8) is 0 Å². The fourth-order valence-corrected chi connectivity index (χ4v) is 1.46. The van der Waals surface area contributed by atoms with E-state index in [4.69, 9.17) is 22.1 Å². The summed E-state index contributed by atoms with van der Waals surface area (Å²) in [4.78, 5) is 0.647. The van der Waals surface area contributed by atoms with Crippen LogP contribution in [-0.2, 0) is 0 Å². The Balaban J connectivity index is 2.98. The molecule has 0 aliphatic rings. The molecule has 0 unspecified atom stereocenters. The maximum atomic E-state index is 8.51. The third kappa shape index (κ3) is 2.92. The number of hydrogen-bond donors (Lipinski definition) is 2. The molecule has 15 heavy (non-hydrogen) atoms. The van der Waals surface area contributed by atoms with Crippen molar-refractivity contribution >= 4 is 29.9 Å². The lowest BCUT2D eigenvalue weighted by atomic mass is 10.3. The van der Waals surface area contributed by atoms with Gasteiger partial charge in [-0.25, -0.2) is 0 Å². The molecule has 0 fully saturated rings. The minimum Gasteiger partial charge on any atom is -0.358 e. The maximum absolute atomic E-state index is 8.51. The first-order valence-corrected chi connectivity index (χ1v) is 4.76. The van der Waals surface area contributed by atoms with Crippen molar-refractivity contribution in [1.82, 2.24) is 0 Å². The smallest absolute Gasteiger partial charge is 0.145 e. The second kappa shape index (κ2) is 5.31. The van der Waals surface area contributed by atoms with E-state index in [1.807, 2.05) is 0 Å². The van der Waals surface area contributed by atoms with Crippen molar-refractivity contribution in [3.8, 4) is 12.1 Å². The summed E-state index contributed by atoms with van der Waals surface area (Å²) in [6.45, 7) is 0. The predicted molar refractivity (Wildman–Crippen MR) is 61.6 cm³/mol. The van der Waals surface area contributed by atoms with E-state index < -0.39 is 0 Å². The lowest BCUT2D eigenvalue weighted by Gasteiger charge is -2.06. The first-order chi connectivity index (χ1) is 7.19. The van der Waals surface area contributed by atoms with Gasteiger partial charge in [-0.2, -0.15) is 10.5 Å². The van der Waals surface area contributed by atoms with Crippen molar-refractivity contribution < 1.29 is 0 Å². The van der Waals surface area contributed by atoms with E-state index in [9.17, 15) is 0 Å². The highest BCUT2D eigenvalue weighted by Crippen LogP contribution is 2.28. The Morgan fingerprint density at radius 3 is 2.60 bits per heavy atom. The van der Waals surface area contributed by atoms with Crippen LogP contribution in [0.25, 0.3) is 0 Å². The van der Waals surface area contributed by atoms with E-state index >= 15 is 0 Å². The summed E-state index contributed by atoms with van der Waals surface area (Å²) >= 11 is 10.1. The van der Waals surface area contributed by atoms with Crippen LogP contribution in [0.5, 0.6) is 0 Å². The van der Waals surface area contributed by atoms with Crippen LogP contribution in [0.3, 0.4) is 0 Å². The molecule has 1 N–H and O–H groups in total. The van der Waals surface area contributed by atoms with Crippen LogP contribution in [0.4, 0.5) is 5.69 Å². The Bertz CT molecular complexity index is 446. The monoisotopic (exact) mass is 235 g/mol. The van der Waals surface area contributed by atoms with E-state index in [0.29, 0.717) is 15.6 Å². The topological polar surface area (TPSA) is 59.6 Å². The summed E-state index contributed by atoms with van der Waals surface area (Å²) in [6.07, 6.45) is 1.29. The van der Waals surface area contributed by atoms with Gasteiger partial charge >= 0.3 is 0 Å². The van der Waals surface area contributed by atoms with E-state index in [2.05, 4.69) is 17.9 Å². The predicted octanol–water partition coefficient (Wildman–Crippen LogP) is 2.97. The summed E-state index contributed by atoms with van der Waals surface area (Å²) in [7, 11) is 0. The Morgan fingerprint density at radius 2 is 2.07 bits per heavy atom. The molecule has 0 atom stereocenters. The number of allylic oxidation sites excluding steroid dienone is 1. The number of anilines is 1. The number of hydrogen-bond acceptors (Lipinski definition) is 4. The Kier molecular flexibility index (Phi) is 4.05. The van der Waals surface area contributed by atoms with Gasteiger partial charge in [0.25, 0.3) is 0 Å². The number of benzene rings is 1. The second-order valence-corrected chi connectivity index (χ2v) is 3.45. The van der Waals surface area contributed by atoms with E-state index in [0.717, 1.165) is 0 Å². The van der Waals surface area contributed by atoms with Gasteiger partial charge in [0.05, 0.1) is 10.7 Å². The van der Waals surface area contributed by atoms with Crippen LogP contribution in [-0.4, -0.2) is 0 Å². The minimum absolute atomic E-state index is 0.0253. The number of nitrogens with zero attached hydrogens (tertiary/aromatic N) is 2. The molecular formula is C10H6ClN3S. The van der Waals surface area contributed by atoms with Crippen LogP contribution in [0.1, 0.15) is 0 Å². The molecule has 0 aromatic heterocycles. The van der Waals surface area contributed by atoms with Crippen LogP contribution in [0, 0.1) is 22.7 Å². The average molecular weight is 236 g/mol. The van der Waals surface area contributed by atoms with E-state index in [-0.39, 0.29) is 5.57 Å². The number of nitrogens with one attached hydrogen (secondary N) is 1. The molecule has 0 saturated carbocycles. The maximum Gasteiger partial charge on any atom is 0.145 e. The van der Waals surface area contributed by atoms with Crippen LogP contribution in [0.2, 0.25) is 5.02 Å². The lowest BCUT2D eigenvalue weighted by Crippen LogP contribution is -1.92. The van der Waals surface area contributed by atoms with Crippen molar-refractivity contribution in [1.29, 1.82) is 10.5 Å². The molecule has 3 nitrogen and oxygen atoms in total.